The highest BCUT2D eigenvalue weighted by Crippen LogP contribution is 2.67. The minimum atomic E-state index is -1.33. The number of ether oxygens (including phenoxy) is 1. The van der Waals surface area contributed by atoms with Gasteiger partial charge in [-0.15, -0.1) is 0 Å². The molecule has 0 unspecified atom stereocenters. The van der Waals surface area contributed by atoms with Crippen molar-refractivity contribution in [2.24, 2.45) is 22.7 Å². The van der Waals surface area contributed by atoms with Crippen molar-refractivity contribution < 1.29 is 44.7 Å². The summed E-state index contributed by atoms with van der Waals surface area (Å²) >= 11 is 0. The highest BCUT2D eigenvalue weighted by molar-refractivity contribution is 6.02. The largest absolute Gasteiger partial charge is 0.508 e. The van der Waals surface area contributed by atoms with Crippen LogP contribution in [-0.2, 0) is 22.6 Å². The molecule has 1 spiro atoms. The van der Waals surface area contributed by atoms with Gasteiger partial charge in [-0.3, -0.25) is 9.59 Å². The number of carbonyl (C=O) groups excluding carboxylic acids is 1. The van der Waals surface area contributed by atoms with Crippen molar-refractivity contribution in [3.8, 4) is 11.5 Å². The van der Waals surface area contributed by atoms with Crippen LogP contribution in [0.4, 0.5) is 0 Å². The van der Waals surface area contributed by atoms with Crippen LogP contribution in [0.5, 0.6) is 11.5 Å². The minimum absolute atomic E-state index is 0.0274. The molecule has 208 valence electrons. The number of aliphatic hydroxyl groups excluding tert-OH is 2. The number of carboxylic acids is 2. The number of hydrogen-bond acceptors (Lipinski definition) is 7. The average molecular weight is 532 g/mol. The highest BCUT2D eigenvalue weighted by atomic mass is 16.5. The smallest absolute Gasteiger partial charge is 0.326 e. The van der Waals surface area contributed by atoms with E-state index in [1.807, 2.05) is 13.8 Å². The molecule has 7 atom stereocenters. The van der Waals surface area contributed by atoms with Crippen LogP contribution in [0.1, 0.15) is 81.3 Å². The Labute approximate surface area is 221 Å². The molecule has 38 heavy (non-hydrogen) atoms. The second kappa shape index (κ2) is 8.58. The molecule has 4 aliphatic rings. The first-order valence-electron chi connectivity index (χ1n) is 13.3. The molecule has 2 aliphatic carbocycles. The van der Waals surface area contributed by atoms with Gasteiger partial charge in [0.2, 0.25) is 0 Å². The zero-order chi connectivity index (χ0) is 27.9. The third-order valence-electron chi connectivity index (χ3n) is 10.4. The number of aliphatic hydroxyl groups is 2. The number of hydrogen-bond donors (Lipinski definition) is 5. The van der Waals surface area contributed by atoms with Crippen LogP contribution in [0.25, 0.3) is 0 Å². The first kappa shape index (κ1) is 26.7. The van der Waals surface area contributed by atoms with E-state index in [0.29, 0.717) is 29.7 Å². The normalized spacial score (nSPS) is 35.8. The number of rotatable bonds is 5. The van der Waals surface area contributed by atoms with Crippen molar-refractivity contribution >= 4 is 17.8 Å². The topological polar surface area (TPSA) is 165 Å². The van der Waals surface area contributed by atoms with Crippen molar-refractivity contribution in [1.29, 1.82) is 0 Å². The Morgan fingerprint density at radius 2 is 1.84 bits per heavy atom. The Kier molecular flexibility index (Phi) is 6.04. The SMILES string of the molecule is C[C@@H]1CC[C@@H]2C(C)(C)[C@H](O)[C@H](O)C[C@]2(C)[C@@]12Cc1c(O)cc3c(c1O2)CN([C@@H](CCC(=O)O)C(=O)O)C3=O. The summed E-state index contributed by atoms with van der Waals surface area (Å²) in [6, 6.07) is 0.0385. The zero-order valence-electron chi connectivity index (χ0n) is 22.2. The minimum Gasteiger partial charge on any atom is -0.508 e. The molecule has 5 rings (SSSR count). The fraction of sp³-hybridized carbons (Fsp3) is 0.679. The lowest BCUT2D eigenvalue weighted by molar-refractivity contribution is -0.240. The number of aromatic hydroxyl groups is 1. The van der Waals surface area contributed by atoms with E-state index in [1.54, 1.807) is 0 Å². The van der Waals surface area contributed by atoms with Gasteiger partial charge in [0.15, 0.2) is 0 Å². The Morgan fingerprint density at radius 1 is 1.16 bits per heavy atom. The van der Waals surface area contributed by atoms with E-state index in [0.717, 1.165) is 17.7 Å². The van der Waals surface area contributed by atoms with E-state index >= 15 is 0 Å². The zero-order valence-corrected chi connectivity index (χ0v) is 22.2. The third kappa shape index (κ3) is 3.49. The molecule has 2 saturated carbocycles. The molecule has 1 aromatic rings. The first-order chi connectivity index (χ1) is 17.7. The predicted molar refractivity (Wildman–Crippen MR) is 134 cm³/mol. The Bertz CT molecular complexity index is 1210. The van der Waals surface area contributed by atoms with E-state index < -0.39 is 58.9 Å². The van der Waals surface area contributed by atoms with Crippen LogP contribution in [0.3, 0.4) is 0 Å². The van der Waals surface area contributed by atoms with E-state index in [-0.39, 0.29) is 36.1 Å². The van der Waals surface area contributed by atoms with Gasteiger partial charge in [0.1, 0.15) is 23.1 Å². The Hall–Kier alpha value is -2.85. The van der Waals surface area contributed by atoms with Gasteiger partial charge in [0.05, 0.1) is 24.3 Å². The Morgan fingerprint density at radius 3 is 2.47 bits per heavy atom. The van der Waals surface area contributed by atoms with E-state index in [2.05, 4.69) is 13.8 Å². The lowest BCUT2D eigenvalue weighted by atomic mass is 9.43. The van der Waals surface area contributed by atoms with Crippen LogP contribution in [0.2, 0.25) is 0 Å². The molecule has 0 saturated heterocycles. The molecule has 1 aromatic carbocycles. The maximum Gasteiger partial charge on any atom is 0.326 e. The van der Waals surface area contributed by atoms with Gasteiger partial charge in [-0.05, 0) is 49.0 Å². The van der Waals surface area contributed by atoms with Crippen molar-refractivity contribution in [2.75, 3.05) is 0 Å². The quantitative estimate of drug-likeness (QED) is 0.384. The van der Waals surface area contributed by atoms with E-state index in [9.17, 15) is 34.8 Å². The van der Waals surface area contributed by atoms with Gasteiger partial charge < -0.3 is 35.2 Å². The summed E-state index contributed by atoms with van der Waals surface area (Å²) in [5, 5.41) is 51.7. The van der Waals surface area contributed by atoms with Gasteiger partial charge in [0, 0.05) is 29.4 Å². The second-order valence-electron chi connectivity index (χ2n) is 12.6. The van der Waals surface area contributed by atoms with Gasteiger partial charge in [-0.1, -0.05) is 27.7 Å². The van der Waals surface area contributed by atoms with Crippen LogP contribution < -0.4 is 4.74 Å². The summed E-state index contributed by atoms with van der Waals surface area (Å²) in [5.74, 6) is -2.68. The average Bonchev–Trinajstić information content (AvgIpc) is 3.37. The number of amides is 1. The molecule has 0 bridgehead atoms. The number of phenolic OH excluding ortho intramolecular Hbond substituents is 1. The summed E-state index contributed by atoms with van der Waals surface area (Å²) in [6.07, 6.45) is -0.0906. The lowest BCUT2D eigenvalue weighted by Crippen LogP contribution is -2.69. The first-order valence-corrected chi connectivity index (χ1v) is 13.3. The van der Waals surface area contributed by atoms with Gasteiger partial charge in [-0.25, -0.2) is 4.79 Å². The fourth-order valence-corrected chi connectivity index (χ4v) is 8.35. The Balaban J connectivity index is 1.56. The molecule has 2 aliphatic heterocycles. The summed E-state index contributed by atoms with van der Waals surface area (Å²) < 4.78 is 6.88. The van der Waals surface area contributed by atoms with Crippen LogP contribution in [-0.4, -0.2) is 72.1 Å². The van der Waals surface area contributed by atoms with Gasteiger partial charge in [-0.2, -0.15) is 0 Å². The monoisotopic (exact) mass is 531 g/mol. The molecule has 10 heteroatoms. The summed E-state index contributed by atoms with van der Waals surface area (Å²) in [5.41, 5.74) is -0.733. The summed E-state index contributed by atoms with van der Waals surface area (Å²) in [6.45, 7) is 8.08. The highest BCUT2D eigenvalue weighted by Gasteiger charge is 2.69. The molecule has 2 heterocycles. The molecular formula is C28H37NO9. The van der Waals surface area contributed by atoms with Crippen molar-refractivity contribution in [3.05, 3.63) is 22.8 Å². The third-order valence-corrected chi connectivity index (χ3v) is 10.4. The van der Waals surface area contributed by atoms with E-state index in [4.69, 9.17) is 9.84 Å². The number of fused-ring (bicyclic) bond motifs is 5. The molecule has 2 fully saturated rings. The van der Waals surface area contributed by atoms with E-state index in [1.165, 1.54) is 6.07 Å². The number of carbonyl (C=O) groups is 3. The van der Waals surface area contributed by atoms with Crippen molar-refractivity contribution in [1.82, 2.24) is 4.90 Å². The summed E-state index contributed by atoms with van der Waals surface area (Å²) in [7, 11) is 0. The number of nitrogens with zero attached hydrogens (tertiary/aromatic N) is 1. The maximum atomic E-state index is 13.3. The second-order valence-corrected chi connectivity index (χ2v) is 12.6. The maximum absolute atomic E-state index is 13.3. The molecule has 5 N–H and O–H groups in total. The number of carboxylic acid groups (broad SMARTS) is 2. The molecule has 0 aromatic heterocycles. The fourth-order valence-electron chi connectivity index (χ4n) is 8.35. The van der Waals surface area contributed by atoms with Crippen LogP contribution in [0, 0.1) is 22.7 Å². The standard InChI is InChI=1S/C28H37NO9/c1-13-5-7-20-26(2,3)23(34)19(31)11-27(20,4)28(13)10-15-18(30)9-14-16(22(15)38-28)12-29(24(14)35)17(25(36)37)6-8-21(32)33/h9,13,17,19-20,23,30-31,34H,5-8,10-12H2,1-4H3,(H,32,33)(H,36,37)/t13-,17+,19-,20-,23-,27+,28-/m1/s1. The van der Waals surface area contributed by atoms with Crippen LogP contribution >= 0.6 is 0 Å². The number of benzene rings is 1. The molecular weight excluding hydrogens is 494 g/mol. The van der Waals surface area contributed by atoms with Gasteiger partial charge >= 0.3 is 11.9 Å². The summed E-state index contributed by atoms with van der Waals surface area (Å²) in [4.78, 5) is 37.5. The lowest BCUT2D eigenvalue weighted by Gasteiger charge is -2.64. The molecule has 0 radical (unpaired) electrons. The van der Waals surface area contributed by atoms with Crippen LogP contribution in [0.15, 0.2) is 6.07 Å². The number of phenols is 1. The molecule has 1 amide bonds. The number of aliphatic carboxylic acids is 2. The molecule has 10 nitrogen and oxygen atoms in total. The van der Waals surface area contributed by atoms with Crippen molar-refractivity contribution in [2.45, 2.75) is 96.6 Å². The van der Waals surface area contributed by atoms with Crippen molar-refractivity contribution in [3.63, 3.8) is 0 Å². The predicted octanol–water partition coefficient (Wildman–Crippen LogP) is 2.54. The van der Waals surface area contributed by atoms with Gasteiger partial charge in [0.25, 0.3) is 5.91 Å².